The maximum absolute atomic E-state index is 7.53. The maximum atomic E-state index is 7.53. The summed E-state index contributed by atoms with van der Waals surface area (Å²) in [5.41, 5.74) is 7.73. The molecule has 0 radical (unpaired) electrons. The minimum Gasteiger partial charge on any atom is -0.387 e. The Bertz CT molecular complexity index is 556. The van der Waals surface area contributed by atoms with E-state index in [1.54, 1.807) is 0 Å². The first-order valence-corrected chi connectivity index (χ1v) is 6.41. The molecular weight excluding hydrogens is 224 g/mol. The number of hydrogen-bond acceptors (Lipinski definition) is 2. The summed E-state index contributed by atoms with van der Waals surface area (Å²) in [6.45, 7) is 4.86. The van der Waals surface area contributed by atoms with Gasteiger partial charge in [0.25, 0.3) is 0 Å². The largest absolute Gasteiger partial charge is 0.387 e. The van der Waals surface area contributed by atoms with Gasteiger partial charge in [0.15, 0.2) is 0 Å². The molecular formula is C14H20N4. The summed E-state index contributed by atoms with van der Waals surface area (Å²) >= 11 is 0. The van der Waals surface area contributed by atoms with Crippen molar-refractivity contribution in [3.8, 4) is 0 Å². The predicted molar refractivity (Wildman–Crippen MR) is 74.8 cm³/mol. The standard InChI is InChI=1S/C14H20N4/c1-3-6-13-17-11-7-4-5-8-12(11)18(13)9-10(2)14(15)16/h4-5,7-8,10H,3,6,9H2,1-2H3,(H3,15,16). The van der Waals surface area contributed by atoms with Crippen LogP contribution in [0.3, 0.4) is 0 Å². The third-order valence-electron chi connectivity index (χ3n) is 3.19. The zero-order chi connectivity index (χ0) is 13.1. The van der Waals surface area contributed by atoms with Crippen molar-refractivity contribution in [3.63, 3.8) is 0 Å². The van der Waals surface area contributed by atoms with E-state index in [2.05, 4.69) is 22.5 Å². The number of para-hydroxylation sites is 2. The van der Waals surface area contributed by atoms with Crippen LogP contribution in [0, 0.1) is 11.3 Å². The highest BCUT2D eigenvalue weighted by atomic mass is 15.1. The molecule has 0 fully saturated rings. The summed E-state index contributed by atoms with van der Waals surface area (Å²) in [6.07, 6.45) is 2.02. The molecule has 0 aliphatic carbocycles. The van der Waals surface area contributed by atoms with Crippen LogP contribution in [0.2, 0.25) is 0 Å². The van der Waals surface area contributed by atoms with Gasteiger partial charge in [-0.15, -0.1) is 0 Å². The van der Waals surface area contributed by atoms with E-state index in [4.69, 9.17) is 11.1 Å². The average Bonchev–Trinajstić information content (AvgIpc) is 2.68. The molecule has 2 rings (SSSR count). The van der Waals surface area contributed by atoms with Crippen LogP contribution in [0.5, 0.6) is 0 Å². The number of nitrogens with one attached hydrogen (secondary N) is 1. The maximum Gasteiger partial charge on any atom is 0.109 e. The van der Waals surface area contributed by atoms with Crippen LogP contribution in [-0.2, 0) is 13.0 Å². The highest BCUT2D eigenvalue weighted by Gasteiger charge is 2.13. The van der Waals surface area contributed by atoms with E-state index >= 15 is 0 Å². The number of fused-ring (bicyclic) bond motifs is 1. The SMILES string of the molecule is CCCc1nc2ccccc2n1CC(C)C(=N)N. The Labute approximate surface area is 107 Å². The second-order valence-corrected chi connectivity index (χ2v) is 4.73. The fourth-order valence-corrected chi connectivity index (χ4v) is 2.12. The fourth-order valence-electron chi connectivity index (χ4n) is 2.12. The molecule has 0 aliphatic heterocycles. The molecule has 18 heavy (non-hydrogen) atoms. The molecule has 1 aromatic carbocycles. The minimum absolute atomic E-state index is 0.0400. The van der Waals surface area contributed by atoms with Crippen molar-refractivity contribution in [2.75, 3.05) is 0 Å². The van der Waals surface area contributed by atoms with Gasteiger partial charge in [0.2, 0.25) is 0 Å². The zero-order valence-corrected chi connectivity index (χ0v) is 11.0. The number of amidine groups is 1. The lowest BCUT2D eigenvalue weighted by molar-refractivity contribution is 0.576. The summed E-state index contributed by atoms with van der Waals surface area (Å²) in [7, 11) is 0. The van der Waals surface area contributed by atoms with Crippen molar-refractivity contribution in [3.05, 3.63) is 30.1 Å². The van der Waals surface area contributed by atoms with Gasteiger partial charge in [-0.25, -0.2) is 4.98 Å². The highest BCUT2D eigenvalue weighted by Crippen LogP contribution is 2.18. The quantitative estimate of drug-likeness (QED) is 0.627. The van der Waals surface area contributed by atoms with Crippen molar-refractivity contribution in [2.45, 2.75) is 33.2 Å². The van der Waals surface area contributed by atoms with Crippen LogP contribution >= 0.6 is 0 Å². The van der Waals surface area contributed by atoms with E-state index in [0.29, 0.717) is 0 Å². The lowest BCUT2D eigenvalue weighted by Gasteiger charge is -2.14. The van der Waals surface area contributed by atoms with Gasteiger partial charge in [0, 0.05) is 18.9 Å². The highest BCUT2D eigenvalue weighted by molar-refractivity contribution is 5.80. The van der Waals surface area contributed by atoms with Crippen molar-refractivity contribution < 1.29 is 0 Å². The van der Waals surface area contributed by atoms with E-state index in [-0.39, 0.29) is 11.8 Å². The van der Waals surface area contributed by atoms with Crippen LogP contribution in [0.25, 0.3) is 11.0 Å². The number of imidazole rings is 1. The minimum atomic E-state index is 0.0400. The topological polar surface area (TPSA) is 67.7 Å². The van der Waals surface area contributed by atoms with E-state index in [9.17, 15) is 0 Å². The van der Waals surface area contributed by atoms with Gasteiger partial charge in [0.1, 0.15) is 5.82 Å². The van der Waals surface area contributed by atoms with Crippen LogP contribution in [-0.4, -0.2) is 15.4 Å². The zero-order valence-electron chi connectivity index (χ0n) is 11.0. The van der Waals surface area contributed by atoms with Crippen LogP contribution in [0.4, 0.5) is 0 Å². The Morgan fingerprint density at radius 1 is 1.44 bits per heavy atom. The molecule has 1 aromatic heterocycles. The normalized spacial score (nSPS) is 12.8. The Hall–Kier alpha value is -1.84. The van der Waals surface area contributed by atoms with E-state index in [1.165, 1.54) is 0 Å². The van der Waals surface area contributed by atoms with Gasteiger partial charge >= 0.3 is 0 Å². The second-order valence-electron chi connectivity index (χ2n) is 4.73. The van der Waals surface area contributed by atoms with Crippen LogP contribution in [0.15, 0.2) is 24.3 Å². The molecule has 96 valence electrons. The van der Waals surface area contributed by atoms with E-state index in [1.807, 2.05) is 25.1 Å². The predicted octanol–water partition coefficient (Wildman–Crippen LogP) is 2.56. The Morgan fingerprint density at radius 2 is 2.17 bits per heavy atom. The van der Waals surface area contributed by atoms with Crippen molar-refractivity contribution in [1.29, 1.82) is 5.41 Å². The molecule has 0 saturated carbocycles. The second kappa shape index (κ2) is 5.21. The van der Waals surface area contributed by atoms with Gasteiger partial charge in [-0.2, -0.15) is 0 Å². The molecule has 0 amide bonds. The van der Waals surface area contributed by atoms with E-state index in [0.717, 1.165) is 36.2 Å². The Morgan fingerprint density at radius 3 is 2.83 bits per heavy atom. The average molecular weight is 244 g/mol. The van der Waals surface area contributed by atoms with Gasteiger partial charge in [-0.3, -0.25) is 5.41 Å². The lowest BCUT2D eigenvalue weighted by atomic mass is 10.1. The molecule has 0 spiro atoms. The summed E-state index contributed by atoms with van der Waals surface area (Å²) in [6, 6.07) is 8.14. The molecule has 1 heterocycles. The number of benzene rings is 1. The summed E-state index contributed by atoms with van der Waals surface area (Å²) in [5.74, 6) is 1.36. The number of rotatable bonds is 5. The molecule has 0 saturated heterocycles. The van der Waals surface area contributed by atoms with Crippen LogP contribution in [0.1, 0.15) is 26.1 Å². The first-order valence-electron chi connectivity index (χ1n) is 6.41. The summed E-state index contributed by atoms with van der Waals surface area (Å²) < 4.78 is 2.20. The molecule has 1 atom stereocenters. The molecule has 0 bridgehead atoms. The first-order chi connectivity index (χ1) is 8.63. The number of hydrogen-bond donors (Lipinski definition) is 2. The molecule has 0 aliphatic rings. The molecule has 1 unspecified atom stereocenters. The monoisotopic (exact) mass is 244 g/mol. The Kier molecular flexibility index (Phi) is 3.65. The number of aryl methyl sites for hydroxylation is 1. The summed E-state index contributed by atoms with van der Waals surface area (Å²) in [5, 5.41) is 7.53. The number of nitrogens with zero attached hydrogens (tertiary/aromatic N) is 2. The lowest BCUT2D eigenvalue weighted by Crippen LogP contribution is -2.24. The molecule has 2 aromatic rings. The van der Waals surface area contributed by atoms with Crippen LogP contribution < -0.4 is 5.73 Å². The van der Waals surface area contributed by atoms with Gasteiger partial charge in [-0.05, 0) is 18.6 Å². The smallest absolute Gasteiger partial charge is 0.109 e. The summed E-state index contributed by atoms with van der Waals surface area (Å²) in [4.78, 5) is 4.67. The van der Waals surface area contributed by atoms with Crippen molar-refractivity contribution in [1.82, 2.24) is 9.55 Å². The Balaban J connectivity index is 2.44. The van der Waals surface area contributed by atoms with Gasteiger partial charge in [-0.1, -0.05) is 26.0 Å². The molecule has 4 nitrogen and oxygen atoms in total. The number of aromatic nitrogens is 2. The first kappa shape index (κ1) is 12.6. The van der Waals surface area contributed by atoms with Gasteiger partial charge in [0.05, 0.1) is 16.9 Å². The molecule has 3 N–H and O–H groups in total. The fraction of sp³-hybridized carbons (Fsp3) is 0.429. The van der Waals surface area contributed by atoms with Crippen molar-refractivity contribution >= 4 is 16.9 Å². The van der Waals surface area contributed by atoms with E-state index < -0.39 is 0 Å². The third kappa shape index (κ3) is 2.37. The number of nitrogens with two attached hydrogens (primary N) is 1. The van der Waals surface area contributed by atoms with Crippen molar-refractivity contribution in [2.24, 2.45) is 11.7 Å². The molecule has 4 heteroatoms. The third-order valence-corrected chi connectivity index (χ3v) is 3.19. The van der Waals surface area contributed by atoms with Gasteiger partial charge < -0.3 is 10.3 Å².